The van der Waals surface area contributed by atoms with Crippen LogP contribution in [-0.4, -0.2) is 56.5 Å². The lowest BCUT2D eigenvalue weighted by Gasteiger charge is -2.34. The van der Waals surface area contributed by atoms with Gasteiger partial charge in [-0.2, -0.15) is 4.31 Å². The summed E-state index contributed by atoms with van der Waals surface area (Å²) in [5.74, 6) is 0. The smallest absolute Gasteiger partial charge is 0.269 e. The molecule has 1 aliphatic carbocycles. The molecule has 1 saturated carbocycles. The molecule has 0 atom stereocenters. The van der Waals surface area contributed by atoms with E-state index >= 15 is 0 Å². The van der Waals surface area contributed by atoms with Gasteiger partial charge in [0.1, 0.15) is 0 Å². The van der Waals surface area contributed by atoms with Crippen molar-refractivity contribution in [2.24, 2.45) is 0 Å². The maximum absolute atomic E-state index is 12.8. The summed E-state index contributed by atoms with van der Waals surface area (Å²) in [5.41, 5.74) is -0.123. The summed E-state index contributed by atoms with van der Waals surface area (Å²) in [6.07, 6.45) is 8.32. The van der Waals surface area contributed by atoms with E-state index in [2.05, 4.69) is 11.9 Å². The van der Waals surface area contributed by atoms with Gasteiger partial charge in [0.25, 0.3) is 5.69 Å². The number of hydrogen-bond donors (Lipinski definition) is 1. The van der Waals surface area contributed by atoms with E-state index in [9.17, 15) is 18.5 Å². The van der Waals surface area contributed by atoms with Gasteiger partial charge >= 0.3 is 0 Å². The highest BCUT2D eigenvalue weighted by Crippen LogP contribution is 2.28. The fraction of sp³-hybridized carbons (Fsp3) is 0.619. The largest absolute Gasteiger partial charge is 0.378 e. The van der Waals surface area contributed by atoms with Crippen LogP contribution in [0.3, 0.4) is 0 Å². The second-order valence-corrected chi connectivity index (χ2v) is 9.61. The summed E-state index contributed by atoms with van der Waals surface area (Å²) in [5, 5.41) is 14.1. The third-order valence-corrected chi connectivity index (χ3v) is 7.43. The molecule has 0 saturated heterocycles. The topological polar surface area (TPSA) is 102 Å². The Hall–Kier alpha value is -1.81. The van der Waals surface area contributed by atoms with Gasteiger partial charge in [-0.1, -0.05) is 6.08 Å². The molecule has 9 heteroatoms. The standard InChI is InChI=1S/C21H33N3O5S/c1-3-4-15-22-16-5-6-17-29-20-11-7-18(8-12-20)23(2)30(27,28)21-13-9-19(10-14-21)24(25)26/h3,9-10,13-14,18,20,22H,1,4-8,11-12,15-17H2,2H3/t18-,20-. The number of nitrogens with zero attached hydrogens (tertiary/aromatic N) is 2. The quantitative estimate of drug-likeness (QED) is 0.218. The molecular weight excluding hydrogens is 406 g/mol. The molecule has 1 fully saturated rings. The number of hydrogen-bond acceptors (Lipinski definition) is 6. The van der Waals surface area contributed by atoms with Crippen molar-refractivity contribution in [1.29, 1.82) is 0 Å². The fourth-order valence-electron chi connectivity index (χ4n) is 3.61. The van der Waals surface area contributed by atoms with Gasteiger partial charge in [0.05, 0.1) is 15.9 Å². The molecule has 30 heavy (non-hydrogen) atoms. The van der Waals surface area contributed by atoms with Crippen LogP contribution in [0.25, 0.3) is 0 Å². The van der Waals surface area contributed by atoms with Crippen molar-refractivity contribution < 1.29 is 18.1 Å². The minimum Gasteiger partial charge on any atom is -0.378 e. The van der Waals surface area contributed by atoms with Gasteiger partial charge in [-0.3, -0.25) is 10.1 Å². The second-order valence-electron chi connectivity index (χ2n) is 7.61. The van der Waals surface area contributed by atoms with Gasteiger partial charge in [-0.25, -0.2) is 8.42 Å². The molecule has 8 nitrogen and oxygen atoms in total. The molecule has 1 aromatic rings. The summed E-state index contributed by atoms with van der Waals surface area (Å²) in [4.78, 5) is 10.3. The third kappa shape index (κ3) is 7.16. The fourth-order valence-corrected chi connectivity index (χ4v) is 5.02. The number of benzene rings is 1. The predicted molar refractivity (Wildman–Crippen MR) is 117 cm³/mol. The number of rotatable bonds is 13. The van der Waals surface area contributed by atoms with Crippen molar-refractivity contribution in [2.45, 2.75) is 62.0 Å². The molecule has 0 radical (unpaired) electrons. The number of nitro benzene ring substituents is 1. The first kappa shape index (κ1) is 24.5. The Balaban J connectivity index is 1.73. The van der Waals surface area contributed by atoms with Crippen LogP contribution in [0.2, 0.25) is 0 Å². The number of ether oxygens (including phenoxy) is 1. The lowest BCUT2D eigenvalue weighted by molar-refractivity contribution is -0.384. The van der Waals surface area contributed by atoms with E-state index in [1.54, 1.807) is 7.05 Å². The molecule has 0 spiro atoms. The van der Waals surface area contributed by atoms with Crippen LogP contribution >= 0.6 is 0 Å². The van der Waals surface area contributed by atoms with Crippen LogP contribution in [-0.2, 0) is 14.8 Å². The zero-order valence-corrected chi connectivity index (χ0v) is 18.5. The Morgan fingerprint density at radius 3 is 2.47 bits per heavy atom. The number of non-ortho nitro benzene ring substituents is 1. The maximum Gasteiger partial charge on any atom is 0.269 e. The van der Waals surface area contributed by atoms with E-state index in [1.807, 2.05) is 6.08 Å². The van der Waals surface area contributed by atoms with Crippen LogP contribution in [0.5, 0.6) is 0 Å². The first-order valence-corrected chi connectivity index (χ1v) is 12.0. The molecule has 0 unspecified atom stereocenters. The summed E-state index contributed by atoms with van der Waals surface area (Å²) in [6.45, 7) is 6.37. The third-order valence-electron chi connectivity index (χ3n) is 5.51. The lowest BCUT2D eigenvalue weighted by Crippen LogP contribution is -2.40. The summed E-state index contributed by atoms with van der Waals surface area (Å²) < 4.78 is 33.1. The Labute approximate surface area is 179 Å². The molecule has 0 amide bonds. The Kier molecular flexibility index (Phi) is 9.90. The zero-order valence-electron chi connectivity index (χ0n) is 17.7. The summed E-state index contributed by atoms with van der Waals surface area (Å²) in [6, 6.07) is 4.95. The van der Waals surface area contributed by atoms with Crippen molar-refractivity contribution in [3.63, 3.8) is 0 Å². The van der Waals surface area contributed by atoms with Crippen molar-refractivity contribution in [2.75, 3.05) is 26.7 Å². The Bertz CT molecular complexity index is 774. The van der Waals surface area contributed by atoms with E-state index in [0.29, 0.717) is 0 Å². The van der Waals surface area contributed by atoms with Gasteiger partial charge in [0.2, 0.25) is 10.0 Å². The summed E-state index contributed by atoms with van der Waals surface area (Å²) in [7, 11) is -2.09. The minimum absolute atomic E-state index is 0.0793. The highest BCUT2D eigenvalue weighted by atomic mass is 32.2. The highest BCUT2D eigenvalue weighted by molar-refractivity contribution is 7.89. The second kappa shape index (κ2) is 12.1. The molecule has 2 rings (SSSR count). The number of sulfonamides is 1. The van der Waals surface area contributed by atoms with Gasteiger partial charge < -0.3 is 10.1 Å². The molecule has 168 valence electrons. The van der Waals surface area contributed by atoms with E-state index in [1.165, 1.54) is 28.6 Å². The SMILES string of the molecule is C=CCCNCCCCO[C@H]1CC[C@H](N(C)S(=O)(=O)c2ccc([N+](=O)[O-])cc2)CC1. The first-order valence-electron chi connectivity index (χ1n) is 10.5. The van der Waals surface area contributed by atoms with E-state index < -0.39 is 14.9 Å². The van der Waals surface area contributed by atoms with Crippen LogP contribution in [0.1, 0.15) is 44.9 Å². The molecule has 0 aliphatic heterocycles. The van der Waals surface area contributed by atoms with Crippen molar-refractivity contribution >= 4 is 15.7 Å². The number of nitrogens with one attached hydrogen (secondary N) is 1. The zero-order chi connectivity index (χ0) is 22.0. The van der Waals surface area contributed by atoms with Crippen LogP contribution in [0.15, 0.2) is 41.8 Å². The van der Waals surface area contributed by atoms with Gasteiger partial charge in [-0.15, -0.1) is 6.58 Å². The first-order chi connectivity index (χ1) is 14.4. The van der Waals surface area contributed by atoms with Crippen molar-refractivity contribution in [3.05, 3.63) is 47.0 Å². The minimum atomic E-state index is -3.68. The predicted octanol–water partition coefficient (Wildman–Crippen LogP) is 3.49. The van der Waals surface area contributed by atoms with Gasteiger partial charge in [0, 0.05) is 31.8 Å². The van der Waals surface area contributed by atoms with E-state index in [4.69, 9.17) is 4.74 Å². The van der Waals surface area contributed by atoms with Crippen molar-refractivity contribution in [3.8, 4) is 0 Å². The van der Waals surface area contributed by atoms with Crippen molar-refractivity contribution in [1.82, 2.24) is 9.62 Å². The monoisotopic (exact) mass is 439 g/mol. The van der Waals surface area contributed by atoms with E-state index in [-0.39, 0.29) is 22.7 Å². The Morgan fingerprint density at radius 1 is 1.20 bits per heavy atom. The molecule has 0 bridgehead atoms. The molecule has 0 aromatic heterocycles. The average molecular weight is 440 g/mol. The molecular formula is C21H33N3O5S. The molecule has 0 heterocycles. The lowest BCUT2D eigenvalue weighted by atomic mass is 9.93. The van der Waals surface area contributed by atoms with Gasteiger partial charge in [-0.05, 0) is 70.2 Å². The average Bonchev–Trinajstić information content (AvgIpc) is 2.75. The maximum atomic E-state index is 12.8. The van der Waals surface area contributed by atoms with Gasteiger partial charge in [0.15, 0.2) is 0 Å². The molecule has 1 N–H and O–H groups in total. The van der Waals surface area contributed by atoms with E-state index in [0.717, 1.165) is 64.6 Å². The van der Waals surface area contributed by atoms with Crippen LogP contribution < -0.4 is 5.32 Å². The van der Waals surface area contributed by atoms with Crippen LogP contribution in [0, 0.1) is 10.1 Å². The summed E-state index contributed by atoms with van der Waals surface area (Å²) >= 11 is 0. The number of unbranched alkanes of at least 4 members (excludes halogenated alkanes) is 1. The molecule has 1 aliphatic rings. The normalized spacial score (nSPS) is 19.7. The number of nitro groups is 1. The van der Waals surface area contributed by atoms with Crippen LogP contribution in [0.4, 0.5) is 5.69 Å². The highest BCUT2D eigenvalue weighted by Gasteiger charge is 2.32. The molecule has 1 aromatic carbocycles. The Morgan fingerprint density at radius 2 is 1.87 bits per heavy atom.